The fourth-order valence-electron chi connectivity index (χ4n) is 2.97. The average Bonchev–Trinajstić information content (AvgIpc) is 2.62. The van der Waals surface area contributed by atoms with Crippen molar-refractivity contribution in [2.75, 3.05) is 25.6 Å². The van der Waals surface area contributed by atoms with Gasteiger partial charge in [-0.1, -0.05) is 38.1 Å². The fourth-order valence-corrected chi connectivity index (χ4v) is 2.97. The molecule has 1 aliphatic heterocycles. The number of carbonyl (C=O) groups is 1. The van der Waals surface area contributed by atoms with Gasteiger partial charge in [-0.2, -0.15) is 0 Å². The van der Waals surface area contributed by atoms with Crippen LogP contribution < -0.4 is 10.1 Å². The van der Waals surface area contributed by atoms with E-state index in [-0.39, 0.29) is 18.1 Å². The van der Waals surface area contributed by atoms with Gasteiger partial charge in [0.15, 0.2) is 6.29 Å². The number of hydrogen-bond acceptors (Lipinski definition) is 4. The lowest BCUT2D eigenvalue weighted by molar-refractivity contribution is -0.237. The van der Waals surface area contributed by atoms with Crippen LogP contribution in [0, 0.1) is 11.3 Å². The molecule has 0 saturated carbocycles. The number of carbonyl (C=O) groups excluding carboxylic acids is 1. The van der Waals surface area contributed by atoms with E-state index >= 15 is 0 Å². The average molecular weight is 343 g/mol. The molecule has 0 aromatic heterocycles. The summed E-state index contributed by atoms with van der Waals surface area (Å²) in [7, 11) is 1.64. The predicted octanol–water partition coefficient (Wildman–Crippen LogP) is 3.82. The predicted molar refractivity (Wildman–Crippen MR) is 97.8 cm³/mol. The van der Waals surface area contributed by atoms with Gasteiger partial charge in [0.2, 0.25) is 5.91 Å². The van der Waals surface area contributed by atoms with Gasteiger partial charge in [-0.25, -0.2) is 0 Å². The molecule has 134 valence electrons. The highest BCUT2D eigenvalue weighted by Crippen LogP contribution is 2.33. The van der Waals surface area contributed by atoms with Crippen molar-refractivity contribution < 1.29 is 19.0 Å². The van der Waals surface area contributed by atoms with Gasteiger partial charge in [0.05, 0.1) is 25.7 Å². The van der Waals surface area contributed by atoms with Gasteiger partial charge < -0.3 is 19.5 Å². The summed E-state index contributed by atoms with van der Waals surface area (Å²) in [5, 5.41) is 4.94. The second-order valence-corrected chi connectivity index (χ2v) is 7.11. The number of rotatable bonds is 4. The minimum Gasteiger partial charge on any atom is -0.496 e. The van der Waals surface area contributed by atoms with Crippen LogP contribution >= 0.6 is 0 Å². The Morgan fingerprint density at radius 2 is 1.80 bits per heavy atom. The molecule has 0 atom stereocenters. The molecule has 5 heteroatoms. The third-order valence-electron chi connectivity index (χ3n) is 4.58. The molecule has 0 aliphatic carbocycles. The van der Waals surface area contributed by atoms with Crippen molar-refractivity contribution in [3.63, 3.8) is 0 Å². The number of ether oxygens (including phenoxy) is 3. The summed E-state index contributed by atoms with van der Waals surface area (Å²) in [5.41, 5.74) is 0.0421. The van der Waals surface area contributed by atoms with Gasteiger partial charge in [0.1, 0.15) is 5.75 Å². The molecule has 5 nitrogen and oxygen atoms in total. The van der Waals surface area contributed by atoms with Gasteiger partial charge in [0, 0.05) is 22.4 Å². The Morgan fingerprint density at radius 3 is 2.40 bits per heavy atom. The van der Waals surface area contributed by atoms with Crippen LogP contribution in [0.2, 0.25) is 0 Å². The first-order valence-electron chi connectivity index (χ1n) is 8.55. The van der Waals surface area contributed by atoms with E-state index < -0.39 is 5.41 Å². The van der Waals surface area contributed by atoms with Crippen molar-refractivity contribution in [1.29, 1.82) is 0 Å². The van der Waals surface area contributed by atoms with Gasteiger partial charge >= 0.3 is 0 Å². The lowest BCUT2D eigenvalue weighted by Crippen LogP contribution is -2.48. The van der Waals surface area contributed by atoms with Crippen LogP contribution in [0.25, 0.3) is 10.8 Å². The normalized spacial score (nSPS) is 23.6. The van der Waals surface area contributed by atoms with Gasteiger partial charge in [-0.05, 0) is 19.1 Å². The molecule has 1 saturated heterocycles. The van der Waals surface area contributed by atoms with Crippen molar-refractivity contribution >= 4 is 22.4 Å². The molecule has 1 aliphatic rings. The van der Waals surface area contributed by atoms with E-state index in [0.717, 1.165) is 22.2 Å². The molecule has 1 amide bonds. The quantitative estimate of drug-likeness (QED) is 0.917. The van der Waals surface area contributed by atoms with E-state index in [1.165, 1.54) is 0 Å². The summed E-state index contributed by atoms with van der Waals surface area (Å²) in [4.78, 5) is 12.9. The number of anilines is 1. The molecule has 1 N–H and O–H groups in total. The Bertz CT molecular complexity index is 763. The smallest absolute Gasteiger partial charge is 0.235 e. The van der Waals surface area contributed by atoms with Crippen LogP contribution in [0.1, 0.15) is 20.8 Å². The molecule has 2 aromatic carbocycles. The minimum atomic E-state index is -0.716. The van der Waals surface area contributed by atoms with E-state index in [0.29, 0.717) is 13.2 Å². The van der Waals surface area contributed by atoms with Crippen LogP contribution in [-0.2, 0) is 14.3 Å². The highest BCUT2D eigenvalue weighted by atomic mass is 16.7. The van der Waals surface area contributed by atoms with Crippen LogP contribution in [0.15, 0.2) is 36.4 Å². The molecule has 3 rings (SSSR count). The van der Waals surface area contributed by atoms with Crippen LogP contribution in [0.5, 0.6) is 5.75 Å². The molecule has 0 radical (unpaired) electrons. The molecule has 0 bridgehead atoms. The first-order valence-corrected chi connectivity index (χ1v) is 8.55. The van der Waals surface area contributed by atoms with Gasteiger partial charge in [-0.15, -0.1) is 0 Å². The minimum absolute atomic E-state index is 0.106. The first-order chi connectivity index (χ1) is 11.9. The van der Waals surface area contributed by atoms with Crippen LogP contribution in [0.3, 0.4) is 0 Å². The van der Waals surface area contributed by atoms with Crippen molar-refractivity contribution in [2.45, 2.75) is 27.1 Å². The van der Waals surface area contributed by atoms with Crippen LogP contribution in [-0.4, -0.2) is 32.5 Å². The summed E-state index contributed by atoms with van der Waals surface area (Å²) < 4.78 is 16.9. The number of benzene rings is 2. The Morgan fingerprint density at radius 1 is 1.16 bits per heavy atom. The zero-order chi connectivity index (χ0) is 18.0. The maximum Gasteiger partial charge on any atom is 0.235 e. The SMILES string of the molecule is COc1ccc(NC(=O)C2(C)COC(C(C)C)OC2)c2ccccc12. The van der Waals surface area contributed by atoms with Gasteiger partial charge in [-0.3, -0.25) is 4.79 Å². The van der Waals surface area contributed by atoms with Crippen molar-refractivity contribution in [2.24, 2.45) is 11.3 Å². The lowest BCUT2D eigenvalue weighted by atomic mass is 9.90. The summed E-state index contributed by atoms with van der Waals surface area (Å²) in [5.74, 6) is 0.937. The molecular weight excluding hydrogens is 318 g/mol. The topological polar surface area (TPSA) is 56.8 Å². The molecular formula is C20H25NO4. The Balaban J connectivity index is 1.81. The van der Waals surface area contributed by atoms with Gasteiger partial charge in [0.25, 0.3) is 0 Å². The van der Waals surface area contributed by atoms with E-state index in [1.54, 1.807) is 7.11 Å². The third-order valence-corrected chi connectivity index (χ3v) is 4.58. The zero-order valence-corrected chi connectivity index (χ0v) is 15.2. The van der Waals surface area contributed by atoms with Crippen molar-refractivity contribution in [3.8, 4) is 5.75 Å². The first kappa shape index (κ1) is 17.7. The summed E-state index contributed by atoms with van der Waals surface area (Å²) >= 11 is 0. The van der Waals surface area contributed by atoms with Crippen LogP contribution in [0.4, 0.5) is 5.69 Å². The zero-order valence-electron chi connectivity index (χ0n) is 15.2. The molecule has 1 heterocycles. The maximum atomic E-state index is 12.9. The number of amides is 1. The van der Waals surface area contributed by atoms with E-state index in [1.807, 2.05) is 57.2 Å². The third kappa shape index (κ3) is 3.48. The highest BCUT2D eigenvalue weighted by Gasteiger charge is 2.40. The van der Waals surface area contributed by atoms with Crippen molar-refractivity contribution in [3.05, 3.63) is 36.4 Å². The van der Waals surface area contributed by atoms with E-state index in [9.17, 15) is 4.79 Å². The maximum absolute atomic E-state index is 12.9. The summed E-state index contributed by atoms with van der Waals surface area (Å²) in [6.45, 7) is 6.63. The second-order valence-electron chi connectivity index (χ2n) is 7.11. The van der Waals surface area contributed by atoms with E-state index in [4.69, 9.17) is 14.2 Å². The molecule has 0 spiro atoms. The number of methoxy groups -OCH3 is 1. The standard InChI is InChI=1S/C20H25NO4/c1-13(2)18-24-11-20(3,12-25-18)19(22)21-16-9-10-17(23-4)15-8-6-5-7-14(15)16/h5-10,13,18H,11-12H2,1-4H3,(H,21,22). The fraction of sp³-hybridized carbons (Fsp3) is 0.450. The second kappa shape index (κ2) is 7.02. The molecule has 2 aromatic rings. The summed E-state index contributed by atoms with van der Waals surface area (Å²) in [6.07, 6.45) is -0.248. The number of nitrogens with one attached hydrogen (secondary N) is 1. The highest BCUT2D eigenvalue weighted by molar-refractivity contribution is 6.05. The lowest BCUT2D eigenvalue weighted by Gasteiger charge is -2.37. The Labute approximate surface area is 148 Å². The molecule has 0 unspecified atom stereocenters. The van der Waals surface area contributed by atoms with E-state index in [2.05, 4.69) is 5.32 Å². The largest absolute Gasteiger partial charge is 0.496 e. The molecule has 1 fully saturated rings. The monoisotopic (exact) mass is 343 g/mol. The Kier molecular flexibility index (Phi) is 4.97. The summed E-state index contributed by atoms with van der Waals surface area (Å²) in [6, 6.07) is 11.6. The number of hydrogen-bond donors (Lipinski definition) is 1. The molecule has 25 heavy (non-hydrogen) atoms. The number of fused-ring (bicyclic) bond motifs is 1. The Hall–Kier alpha value is -2.11. The van der Waals surface area contributed by atoms with Crippen molar-refractivity contribution in [1.82, 2.24) is 0 Å².